The van der Waals surface area contributed by atoms with Crippen LogP contribution in [-0.4, -0.2) is 6.61 Å². The first kappa shape index (κ1) is 13.4. The zero-order valence-electron chi connectivity index (χ0n) is 11.5. The standard InChI is InChI=1S/C18H20O/c1-15(2)17-12-6-7-13-18(17)19-14-8-11-16-9-4-3-5-10-16/h3-13,15H,14H2,1-2H3. The summed E-state index contributed by atoms with van der Waals surface area (Å²) >= 11 is 0. The van der Waals surface area contributed by atoms with E-state index in [0.29, 0.717) is 12.5 Å². The highest BCUT2D eigenvalue weighted by atomic mass is 16.5. The van der Waals surface area contributed by atoms with Crippen molar-refractivity contribution in [3.05, 3.63) is 71.8 Å². The monoisotopic (exact) mass is 252 g/mol. The summed E-state index contributed by atoms with van der Waals surface area (Å²) in [4.78, 5) is 0. The molecular formula is C18H20O. The molecule has 0 fully saturated rings. The summed E-state index contributed by atoms with van der Waals surface area (Å²) in [6.07, 6.45) is 4.13. The van der Waals surface area contributed by atoms with E-state index in [0.717, 1.165) is 5.75 Å². The first-order valence-electron chi connectivity index (χ1n) is 6.70. The van der Waals surface area contributed by atoms with Gasteiger partial charge in [-0.25, -0.2) is 0 Å². The van der Waals surface area contributed by atoms with Gasteiger partial charge in [-0.3, -0.25) is 0 Å². The maximum Gasteiger partial charge on any atom is 0.123 e. The van der Waals surface area contributed by atoms with Crippen LogP contribution in [0.1, 0.15) is 30.9 Å². The molecular weight excluding hydrogens is 232 g/mol. The van der Waals surface area contributed by atoms with E-state index in [-0.39, 0.29) is 0 Å². The number of hydrogen-bond acceptors (Lipinski definition) is 1. The molecule has 0 bridgehead atoms. The number of hydrogen-bond donors (Lipinski definition) is 0. The first-order chi connectivity index (χ1) is 9.27. The van der Waals surface area contributed by atoms with Crippen LogP contribution < -0.4 is 4.74 Å². The fourth-order valence-corrected chi connectivity index (χ4v) is 1.98. The molecule has 19 heavy (non-hydrogen) atoms. The van der Waals surface area contributed by atoms with E-state index in [4.69, 9.17) is 4.74 Å². The van der Waals surface area contributed by atoms with Crippen molar-refractivity contribution in [2.24, 2.45) is 0 Å². The van der Waals surface area contributed by atoms with Gasteiger partial charge in [0.25, 0.3) is 0 Å². The molecule has 0 radical (unpaired) electrons. The summed E-state index contributed by atoms with van der Waals surface area (Å²) in [5, 5.41) is 0. The first-order valence-corrected chi connectivity index (χ1v) is 6.70. The molecule has 0 atom stereocenters. The van der Waals surface area contributed by atoms with Gasteiger partial charge in [-0.2, -0.15) is 0 Å². The average Bonchev–Trinajstić information content (AvgIpc) is 2.45. The lowest BCUT2D eigenvalue weighted by molar-refractivity contribution is 0.358. The van der Waals surface area contributed by atoms with Crippen LogP contribution in [0.15, 0.2) is 60.7 Å². The highest BCUT2D eigenvalue weighted by Gasteiger charge is 2.05. The molecule has 1 heteroatoms. The van der Waals surface area contributed by atoms with Crippen molar-refractivity contribution in [1.29, 1.82) is 0 Å². The Labute approximate surface area is 115 Å². The number of benzene rings is 2. The van der Waals surface area contributed by atoms with Crippen molar-refractivity contribution in [3.8, 4) is 5.75 Å². The molecule has 0 unspecified atom stereocenters. The zero-order chi connectivity index (χ0) is 13.5. The average molecular weight is 252 g/mol. The van der Waals surface area contributed by atoms with Crippen LogP contribution >= 0.6 is 0 Å². The van der Waals surface area contributed by atoms with Gasteiger partial charge < -0.3 is 4.74 Å². The third-order valence-corrected chi connectivity index (χ3v) is 2.99. The lowest BCUT2D eigenvalue weighted by atomic mass is 10.0. The molecule has 0 aromatic heterocycles. The normalized spacial score (nSPS) is 11.1. The Morgan fingerprint density at radius 1 is 0.947 bits per heavy atom. The van der Waals surface area contributed by atoms with Gasteiger partial charge >= 0.3 is 0 Å². The molecule has 0 amide bonds. The van der Waals surface area contributed by atoms with Crippen molar-refractivity contribution < 1.29 is 4.74 Å². The third kappa shape index (κ3) is 3.99. The van der Waals surface area contributed by atoms with Crippen molar-refractivity contribution in [3.63, 3.8) is 0 Å². The molecule has 2 aromatic carbocycles. The van der Waals surface area contributed by atoms with Gasteiger partial charge in [-0.05, 0) is 29.2 Å². The highest BCUT2D eigenvalue weighted by Crippen LogP contribution is 2.25. The Bertz CT molecular complexity index is 526. The molecule has 0 aliphatic heterocycles. The summed E-state index contributed by atoms with van der Waals surface area (Å²) in [5.74, 6) is 1.46. The molecule has 0 saturated carbocycles. The summed E-state index contributed by atoms with van der Waals surface area (Å²) in [5.41, 5.74) is 2.46. The molecule has 2 aromatic rings. The fraction of sp³-hybridized carbons (Fsp3) is 0.222. The van der Waals surface area contributed by atoms with E-state index in [9.17, 15) is 0 Å². The molecule has 0 saturated heterocycles. The SMILES string of the molecule is CC(C)c1ccccc1OCC=Cc1ccccc1. The smallest absolute Gasteiger partial charge is 0.123 e. The van der Waals surface area contributed by atoms with Gasteiger partial charge in [-0.1, -0.05) is 68.5 Å². The quantitative estimate of drug-likeness (QED) is 0.735. The Morgan fingerprint density at radius 3 is 2.37 bits per heavy atom. The molecule has 98 valence electrons. The number of ether oxygens (including phenoxy) is 1. The largest absolute Gasteiger partial charge is 0.489 e. The molecule has 0 aliphatic carbocycles. The van der Waals surface area contributed by atoms with Crippen LogP contribution in [-0.2, 0) is 0 Å². The summed E-state index contributed by atoms with van der Waals surface area (Å²) in [7, 11) is 0. The number of para-hydroxylation sites is 1. The van der Waals surface area contributed by atoms with Crippen LogP contribution in [0.25, 0.3) is 6.08 Å². The lowest BCUT2D eigenvalue weighted by Gasteiger charge is -2.12. The van der Waals surface area contributed by atoms with Crippen LogP contribution in [0.4, 0.5) is 0 Å². The minimum absolute atomic E-state index is 0.481. The van der Waals surface area contributed by atoms with Gasteiger partial charge in [0.1, 0.15) is 12.4 Å². The van der Waals surface area contributed by atoms with Crippen molar-refractivity contribution in [1.82, 2.24) is 0 Å². The summed E-state index contributed by atoms with van der Waals surface area (Å²) < 4.78 is 5.83. The van der Waals surface area contributed by atoms with Gasteiger partial charge in [0.2, 0.25) is 0 Å². The lowest BCUT2D eigenvalue weighted by Crippen LogP contribution is -1.98. The Kier molecular flexibility index (Phi) is 4.79. The summed E-state index contributed by atoms with van der Waals surface area (Å²) in [6.45, 7) is 4.96. The Morgan fingerprint density at radius 2 is 1.63 bits per heavy atom. The van der Waals surface area contributed by atoms with Crippen LogP contribution in [0.2, 0.25) is 0 Å². The van der Waals surface area contributed by atoms with Crippen molar-refractivity contribution in [2.45, 2.75) is 19.8 Å². The van der Waals surface area contributed by atoms with Gasteiger partial charge in [0.15, 0.2) is 0 Å². The molecule has 0 spiro atoms. The van der Waals surface area contributed by atoms with Gasteiger partial charge in [0.05, 0.1) is 0 Å². The van der Waals surface area contributed by atoms with Crippen LogP contribution in [0.5, 0.6) is 5.75 Å². The topological polar surface area (TPSA) is 9.23 Å². The van der Waals surface area contributed by atoms with E-state index in [1.54, 1.807) is 0 Å². The third-order valence-electron chi connectivity index (χ3n) is 2.99. The van der Waals surface area contributed by atoms with E-state index < -0.39 is 0 Å². The number of rotatable bonds is 5. The maximum atomic E-state index is 5.83. The maximum absolute atomic E-state index is 5.83. The highest BCUT2D eigenvalue weighted by molar-refractivity contribution is 5.48. The minimum Gasteiger partial charge on any atom is -0.489 e. The second kappa shape index (κ2) is 6.79. The van der Waals surface area contributed by atoms with E-state index in [1.807, 2.05) is 36.4 Å². The molecule has 0 heterocycles. The second-order valence-electron chi connectivity index (χ2n) is 4.82. The Balaban J connectivity index is 1.95. The molecule has 0 aliphatic rings. The predicted octanol–water partition coefficient (Wildman–Crippen LogP) is 4.90. The van der Waals surface area contributed by atoms with E-state index in [2.05, 4.69) is 44.2 Å². The Hall–Kier alpha value is -2.02. The summed E-state index contributed by atoms with van der Waals surface area (Å²) in [6, 6.07) is 18.5. The van der Waals surface area contributed by atoms with Gasteiger partial charge in [-0.15, -0.1) is 0 Å². The zero-order valence-corrected chi connectivity index (χ0v) is 11.5. The van der Waals surface area contributed by atoms with Gasteiger partial charge in [0, 0.05) is 0 Å². The van der Waals surface area contributed by atoms with E-state index >= 15 is 0 Å². The van der Waals surface area contributed by atoms with Crippen LogP contribution in [0, 0.1) is 0 Å². The second-order valence-corrected chi connectivity index (χ2v) is 4.82. The molecule has 0 N–H and O–H groups in total. The molecule has 2 rings (SSSR count). The van der Waals surface area contributed by atoms with Crippen molar-refractivity contribution >= 4 is 6.08 Å². The van der Waals surface area contributed by atoms with Crippen molar-refractivity contribution in [2.75, 3.05) is 6.61 Å². The van der Waals surface area contributed by atoms with E-state index in [1.165, 1.54) is 11.1 Å². The fourth-order valence-electron chi connectivity index (χ4n) is 1.98. The predicted molar refractivity (Wildman–Crippen MR) is 81.5 cm³/mol. The minimum atomic E-state index is 0.481. The van der Waals surface area contributed by atoms with Crippen LogP contribution in [0.3, 0.4) is 0 Å². The molecule has 1 nitrogen and oxygen atoms in total.